The first-order valence-electron chi connectivity index (χ1n) is 20.9. The molecule has 2 heterocycles. The van der Waals surface area contributed by atoms with Crippen LogP contribution in [0.2, 0.25) is 0 Å². The summed E-state index contributed by atoms with van der Waals surface area (Å²) in [6.07, 6.45) is 6.13. The third-order valence-electron chi connectivity index (χ3n) is 13.0. The number of rotatable bonds is 5. The Morgan fingerprint density at radius 3 is 1.58 bits per heavy atom. The molecule has 0 radical (unpaired) electrons. The van der Waals surface area contributed by atoms with Crippen molar-refractivity contribution in [2.24, 2.45) is 0 Å². The predicted molar refractivity (Wildman–Crippen MR) is 243 cm³/mol. The van der Waals surface area contributed by atoms with Crippen molar-refractivity contribution in [1.29, 1.82) is 0 Å². The highest BCUT2D eigenvalue weighted by Gasteiger charge is 2.46. The van der Waals surface area contributed by atoms with Crippen LogP contribution in [0.3, 0.4) is 0 Å². The molecule has 0 unspecified atom stereocenters. The molecule has 8 aromatic carbocycles. The van der Waals surface area contributed by atoms with Crippen LogP contribution >= 0.6 is 0 Å². The van der Waals surface area contributed by atoms with Crippen molar-refractivity contribution in [1.82, 2.24) is 19.5 Å². The molecule has 2 aliphatic carbocycles. The maximum Gasteiger partial charge on any atom is 0.164 e. The Kier molecular flexibility index (Phi) is 7.74. The maximum absolute atomic E-state index is 5.13. The number of aromatic nitrogens is 4. The summed E-state index contributed by atoms with van der Waals surface area (Å²) in [7, 11) is 0. The lowest BCUT2D eigenvalue weighted by molar-refractivity contribution is 0.354. The normalized spacial score (nSPS) is 14.2. The molecule has 0 atom stereocenters. The van der Waals surface area contributed by atoms with Gasteiger partial charge in [-0.15, -0.1) is 0 Å². The van der Waals surface area contributed by atoms with Crippen molar-refractivity contribution in [2.75, 3.05) is 0 Å². The Labute approximate surface area is 343 Å². The highest BCUT2D eigenvalue weighted by molar-refractivity contribution is 6.27. The van der Waals surface area contributed by atoms with E-state index in [1.165, 1.54) is 92.5 Å². The zero-order valence-electron chi connectivity index (χ0n) is 32.6. The van der Waals surface area contributed by atoms with E-state index in [1.54, 1.807) is 0 Å². The molecule has 0 aliphatic heterocycles. The van der Waals surface area contributed by atoms with Crippen LogP contribution in [0, 0.1) is 0 Å². The molecular formula is C55H40N4. The molecule has 2 aliphatic rings. The largest absolute Gasteiger partial charge is 0.309 e. The van der Waals surface area contributed by atoms with Crippen LogP contribution in [0.15, 0.2) is 182 Å². The molecule has 2 aromatic heterocycles. The molecule has 1 saturated carbocycles. The second-order valence-electron chi connectivity index (χ2n) is 16.2. The number of nitrogens with zero attached hydrogens (tertiary/aromatic N) is 4. The minimum atomic E-state index is -0.0209. The van der Waals surface area contributed by atoms with Gasteiger partial charge in [-0.3, -0.25) is 0 Å². The van der Waals surface area contributed by atoms with E-state index in [0.717, 1.165) is 27.9 Å². The first kappa shape index (κ1) is 33.9. The summed E-state index contributed by atoms with van der Waals surface area (Å²) in [5, 5.41) is 5.32. The Morgan fingerprint density at radius 1 is 0.407 bits per heavy atom. The van der Waals surface area contributed by atoms with Crippen molar-refractivity contribution in [3.05, 3.63) is 193 Å². The average Bonchev–Trinajstić information content (AvgIpc) is 3.80. The summed E-state index contributed by atoms with van der Waals surface area (Å²) in [4.78, 5) is 15.2. The standard InChI is InChI=1S/C55H40N4/c1-4-16-36(17-5-1)37-26-28-39(29-27-37)53-56-52(38-18-6-2-7-19-38)57-54(58-53)40-30-32-41(33-31-40)59-47-25-13-11-23-45(47)49-43-21-9-8-20-42(43)48-44-22-10-12-24-46(44)55(50(48)51(49)59)34-14-3-15-35-55/h1-2,4-13,16-33H,3,14-15,34-35H2. The van der Waals surface area contributed by atoms with Gasteiger partial charge in [-0.05, 0) is 87.3 Å². The third-order valence-corrected chi connectivity index (χ3v) is 13.0. The Bertz CT molecular complexity index is 3210. The van der Waals surface area contributed by atoms with Gasteiger partial charge in [0.25, 0.3) is 0 Å². The first-order chi connectivity index (χ1) is 29.2. The molecule has 0 saturated heterocycles. The highest BCUT2D eigenvalue weighted by Crippen LogP contribution is 2.60. The quantitative estimate of drug-likeness (QED) is 0.176. The molecule has 1 spiro atoms. The lowest BCUT2D eigenvalue weighted by atomic mass is 9.67. The van der Waals surface area contributed by atoms with E-state index in [9.17, 15) is 0 Å². The monoisotopic (exact) mass is 756 g/mol. The number of hydrogen-bond acceptors (Lipinski definition) is 3. The molecule has 4 heteroatoms. The molecule has 4 nitrogen and oxygen atoms in total. The van der Waals surface area contributed by atoms with Crippen molar-refractivity contribution in [3.8, 4) is 62.1 Å². The summed E-state index contributed by atoms with van der Waals surface area (Å²) in [5.74, 6) is 1.96. The average molecular weight is 757 g/mol. The molecule has 0 N–H and O–H groups in total. The summed E-state index contributed by atoms with van der Waals surface area (Å²) >= 11 is 0. The summed E-state index contributed by atoms with van der Waals surface area (Å²) in [6.45, 7) is 0. The van der Waals surface area contributed by atoms with Gasteiger partial charge in [0.05, 0.1) is 11.0 Å². The molecule has 10 aromatic rings. The lowest BCUT2D eigenvalue weighted by Gasteiger charge is -2.36. The summed E-state index contributed by atoms with van der Waals surface area (Å²) in [5.41, 5.74) is 14.7. The van der Waals surface area contributed by atoms with Gasteiger partial charge >= 0.3 is 0 Å². The summed E-state index contributed by atoms with van der Waals surface area (Å²) in [6, 6.07) is 65.5. The van der Waals surface area contributed by atoms with Gasteiger partial charge in [-0.1, -0.05) is 171 Å². The van der Waals surface area contributed by atoms with Crippen LogP contribution < -0.4 is 0 Å². The minimum absolute atomic E-state index is 0.0209. The van der Waals surface area contributed by atoms with Crippen LogP contribution in [-0.2, 0) is 5.41 Å². The fourth-order valence-electron chi connectivity index (χ4n) is 10.4. The fraction of sp³-hybridized carbons (Fsp3) is 0.109. The van der Waals surface area contributed by atoms with Gasteiger partial charge in [0, 0.05) is 38.6 Å². The molecule has 12 rings (SSSR count). The lowest BCUT2D eigenvalue weighted by Crippen LogP contribution is -2.28. The van der Waals surface area contributed by atoms with Gasteiger partial charge in [0.2, 0.25) is 0 Å². The second-order valence-corrected chi connectivity index (χ2v) is 16.2. The highest BCUT2D eigenvalue weighted by atomic mass is 15.0. The van der Waals surface area contributed by atoms with Crippen LogP contribution in [-0.4, -0.2) is 19.5 Å². The molecular weight excluding hydrogens is 717 g/mol. The molecule has 59 heavy (non-hydrogen) atoms. The molecule has 0 amide bonds. The van der Waals surface area contributed by atoms with Crippen molar-refractivity contribution >= 4 is 32.6 Å². The van der Waals surface area contributed by atoms with Gasteiger partial charge in [0.1, 0.15) is 0 Å². The first-order valence-corrected chi connectivity index (χ1v) is 20.9. The zero-order valence-corrected chi connectivity index (χ0v) is 32.6. The Morgan fingerprint density at radius 2 is 0.898 bits per heavy atom. The van der Waals surface area contributed by atoms with Gasteiger partial charge in [-0.2, -0.15) is 0 Å². The fourth-order valence-corrected chi connectivity index (χ4v) is 10.4. The number of fused-ring (bicyclic) bond motifs is 12. The SMILES string of the molecule is c1ccc(-c2ccc(-c3nc(-c4ccccc4)nc(-c4ccc(-n5c6ccccc6c6c7ccccc7c7c(c65)C5(CCCCC5)c5ccccc5-7)cc4)n3)cc2)cc1. The van der Waals surface area contributed by atoms with Gasteiger partial charge in [-0.25, -0.2) is 15.0 Å². The third kappa shape index (κ3) is 5.26. The van der Waals surface area contributed by atoms with Gasteiger partial charge < -0.3 is 4.57 Å². The second kappa shape index (κ2) is 13.5. The van der Waals surface area contributed by atoms with Crippen LogP contribution in [0.25, 0.3) is 94.7 Å². The van der Waals surface area contributed by atoms with Crippen LogP contribution in [0.5, 0.6) is 0 Å². The van der Waals surface area contributed by atoms with Gasteiger partial charge in [0.15, 0.2) is 17.5 Å². The van der Waals surface area contributed by atoms with E-state index in [0.29, 0.717) is 17.5 Å². The Hall–Kier alpha value is -7.17. The Balaban J connectivity index is 1.05. The number of para-hydroxylation sites is 1. The van der Waals surface area contributed by atoms with Crippen LogP contribution in [0.4, 0.5) is 0 Å². The molecule has 0 bridgehead atoms. The van der Waals surface area contributed by atoms with E-state index in [4.69, 9.17) is 15.0 Å². The van der Waals surface area contributed by atoms with E-state index >= 15 is 0 Å². The van der Waals surface area contributed by atoms with E-state index in [2.05, 4.69) is 162 Å². The predicted octanol–water partition coefficient (Wildman–Crippen LogP) is 14.0. The topological polar surface area (TPSA) is 43.6 Å². The number of hydrogen-bond donors (Lipinski definition) is 0. The van der Waals surface area contributed by atoms with Crippen molar-refractivity contribution < 1.29 is 0 Å². The van der Waals surface area contributed by atoms with Crippen LogP contribution in [0.1, 0.15) is 43.2 Å². The van der Waals surface area contributed by atoms with Crippen molar-refractivity contribution in [2.45, 2.75) is 37.5 Å². The van der Waals surface area contributed by atoms with E-state index in [-0.39, 0.29) is 5.41 Å². The summed E-state index contributed by atoms with van der Waals surface area (Å²) < 4.78 is 2.56. The molecule has 280 valence electrons. The smallest absolute Gasteiger partial charge is 0.164 e. The molecule has 1 fully saturated rings. The minimum Gasteiger partial charge on any atom is -0.309 e. The van der Waals surface area contributed by atoms with E-state index < -0.39 is 0 Å². The van der Waals surface area contributed by atoms with E-state index in [1.807, 2.05) is 24.3 Å². The maximum atomic E-state index is 5.13. The number of benzene rings is 8. The zero-order chi connectivity index (χ0) is 38.9. The van der Waals surface area contributed by atoms with Crippen molar-refractivity contribution in [3.63, 3.8) is 0 Å².